The van der Waals surface area contributed by atoms with Crippen molar-refractivity contribution in [1.82, 2.24) is 5.32 Å². The van der Waals surface area contributed by atoms with E-state index in [4.69, 9.17) is 9.84 Å². The molecule has 1 aromatic rings. The quantitative estimate of drug-likeness (QED) is 0.292. The topological polar surface area (TPSA) is 82.0 Å². The largest absolute Gasteiger partial charge is 0.489 e. The minimum atomic E-state index is -0.435. The van der Waals surface area contributed by atoms with Gasteiger partial charge in [0.2, 0.25) is 0 Å². The van der Waals surface area contributed by atoms with E-state index >= 15 is 0 Å². The van der Waals surface area contributed by atoms with Gasteiger partial charge in [-0.1, -0.05) is 56.5 Å². The number of hydrogen-bond donors (Lipinski definition) is 4. The molecule has 1 aliphatic carbocycles. The Morgan fingerprint density at radius 2 is 2.07 bits per heavy atom. The highest BCUT2D eigenvalue weighted by molar-refractivity contribution is 5.49. The molecular weight excluding hydrogens is 378 g/mol. The predicted octanol–water partition coefficient (Wildman–Crippen LogP) is 3.31. The van der Waals surface area contributed by atoms with Crippen LogP contribution < -0.4 is 10.1 Å². The van der Waals surface area contributed by atoms with E-state index in [1.54, 1.807) is 0 Å². The van der Waals surface area contributed by atoms with Crippen molar-refractivity contribution < 1.29 is 20.1 Å². The lowest BCUT2D eigenvalue weighted by Gasteiger charge is -2.18. The van der Waals surface area contributed by atoms with Gasteiger partial charge in [-0.2, -0.15) is 0 Å². The van der Waals surface area contributed by atoms with Crippen molar-refractivity contribution >= 4 is 0 Å². The van der Waals surface area contributed by atoms with Gasteiger partial charge >= 0.3 is 0 Å². The zero-order chi connectivity index (χ0) is 21.3. The van der Waals surface area contributed by atoms with Crippen LogP contribution >= 0.6 is 0 Å². The van der Waals surface area contributed by atoms with Gasteiger partial charge in [-0.3, -0.25) is 0 Å². The summed E-state index contributed by atoms with van der Waals surface area (Å²) in [6, 6.07) is 6.40. The lowest BCUT2D eigenvalue weighted by molar-refractivity contribution is 0.135. The number of nitrogens with one attached hydrogen (secondary N) is 1. The number of fused-ring (bicyclic) bond motifs is 3. The molecule has 0 saturated heterocycles. The second kappa shape index (κ2) is 11.8. The number of aryl methyl sites for hydroxylation is 1. The van der Waals surface area contributed by atoms with Gasteiger partial charge in [0.1, 0.15) is 11.9 Å². The lowest BCUT2D eigenvalue weighted by Crippen LogP contribution is -2.19. The van der Waals surface area contributed by atoms with Crippen LogP contribution in [0, 0.1) is 5.92 Å². The molecule has 168 valence electrons. The first-order valence-electron chi connectivity index (χ1n) is 11.8. The Morgan fingerprint density at radius 3 is 2.87 bits per heavy atom. The molecule has 0 amide bonds. The molecule has 4 N–H and O–H groups in total. The molecule has 5 nitrogen and oxygen atoms in total. The van der Waals surface area contributed by atoms with Crippen molar-refractivity contribution in [3.05, 3.63) is 41.5 Å². The van der Waals surface area contributed by atoms with E-state index in [0.29, 0.717) is 13.0 Å². The average molecular weight is 418 g/mol. The van der Waals surface area contributed by atoms with Crippen LogP contribution in [0.15, 0.2) is 30.4 Å². The zero-order valence-corrected chi connectivity index (χ0v) is 18.3. The van der Waals surface area contributed by atoms with Crippen LogP contribution in [0.3, 0.4) is 0 Å². The summed E-state index contributed by atoms with van der Waals surface area (Å²) < 4.78 is 6.34. The molecule has 0 aromatic heterocycles. The number of unbranched alkanes of at least 4 members (excludes halogenated alkanes) is 3. The van der Waals surface area contributed by atoms with Crippen molar-refractivity contribution in [2.24, 2.45) is 5.92 Å². The fraction of sp³-hybridized carbons (Fsp3) is 0.680. The molecule has 1 fully saturated rings. The first-order chi connectivity index (χ1) is 14.7. The van der Waals surface area contributed by atoms with Gasteiger partial charge in [0, 0.05) is 30.4 Å². The van der Waals surface area contributed by atoms with Crippen LogP contribution in [-0.4, -0.2) is 53.3 Å². The molecule has 3 rings (SSSR count). The molecule has 30 heavy (non-hydrogen) atoms. The standard InChI is InChI=1S/C25H39NO4/c1-2-3-4-10-19(28)12-13-20-22(29)17-23-24(20)21-11-7-9-18(25(21)30-23)8-5-6-14-26-15-16-27/h7,9,11-13,19-20,22-24,26-29H,2-6,8,10,14-17H2,1H3/t19-,20-,22+,23-,24-/m0/s1. The van der Waals surface area contributed by atoms with E-state index < -0.39 is 12.2 Å². The summed E-state index contributed by atoms with van der Waals surface area (Å²) in [4.78, 5) is 0. The molecule has 1 heterocycles. The first kappa shape index (κ1) is 23.3. The second-order valence-corrected chi connectivity index (χ2v) is 8.78. The Hall–Kier alpha value is -1.40. The van der Waals surface area contributed by atoms with Crippen LogP contribution in [0.1, 0.15) is 68.9 Å². The first-order valence-corrected chi connectivity index (χ1v) is 11.8. The Morgan fingerprint density at radius 1 is 1.20 bits per heavy atom. The van der Waals surface area contributed by atoms with Crippen molar-refractivity contribution in [2.75, 3.05) is 19.7 Å². The SMILES string of the molecule is CCCCC[C@H](O)C=C[C@@H]1[C@H]2c3cccc(CCCCNCCO)c3O[C@H]2C[C@H]1O. The van der Waals surface area contributed by atoms with Gasteiger partial charge < -0.3 is 25.4 Å². The van der Waals surface area contributed by atoms with E-state index in [-0.39, 0.29) is 24.5 Å². The number of aliphatic hydroxyl groups is 3. The number of rotatable bonds is 13. The molecular formula is C25H39NO4. The Bertz CT molecular complexity index is 677. The molecule has 2 aliphatic rings. The molecule has 0 unspecified atom stereocenters. The van der Waals surface area contributed by atoms with Crippen molar-refractivity contribution in [3.8, 4) is 5.75 Å². The van der Waals surface area contributed by atoms with Crippen LogP contribution in [0.5, 0.6) is 5.75 Å². The molecule has 0 radical (unpaired) electrons. The predicted molar refractivity (Wildman–Crippen MR) is 120 cm³/mol. The van der Waals surface area contributed by atoms with E-state index in [1.807, 2.05) is 12.2 Å². The molecule has 1 aromatic carbocycles. The minimum absolute atomic E-state index is 0.00462. The zero-order valence-electron chi connectivity index (χ0n) is 18.3. The number of hydrogen-bond acceptors (Lipinski definition) is 5. The van der Waals surface area contributed by atoms with E-state index in [2.05, 4.69) is 30.4 Å². The van der Waals surface area contributed by atoms with Gasteiger partial charge in [0.15, 0.2) is 0 Å². The highest BCUT2D eigenvalue weighted by Crippen LogP contribution is 2.52. The minimum Gasteiger partial charge on any atom is -0.489 e. The Kier molecular flexibility index (Phi) is 9.19. The molecule has 1 aliphatic heterocycles. The number of para-hydroxylation sites is 1. The third-order valence-electron chi connectivity index (χ3n) is 6.49. The van der Waals surface area contributed by atoms with E-state index in [9.17, 15) is 10.2 Å². The highest BCUT2D eigenvalue weighted by Gasteiger charge is 2.48. The van der Waals surface area contributed by atoms with Crippen molar-refractivity contribution in [3.63, 3.8) is 0 Å². The molecule has 5 heteroatoms. The fourth-order valence-electron chi connectivity index (χ4n) is 4.89. The summed E-state index contributed by atoms with van der Waals surface area (Å²) in [7, 11) is 0. The third kappa shape index (κ3) is 5.85. The summed E-state index contributed by atoms with van der Waals surface area (Å²) in [6.45, 7) is 3.91. The molecule has 1 saturated carbocycles. The number of ether oxygens (including phenoxy) is 1. The summed E-state index contributed by atoms with van der Waals surface area (Å²) in [6.07, 6.45) is 10.9. The lowest BCUT2D eigenvalue weighted by atomic mass is 9.86. The normalized spacial score (nSPS) is 26.0. The Balaban J connectivity index is 1.61. The van der Waals surface area contributed by atoms with Crippen molar-refractivity contribution in [1.29, 1.82) is 0 Å². The molecule has 0 spiro atoms. The van der Waals surface area contributed by atoms with Gasteiger partial charge in [-0.05, 0) is 37.8 Å². The van der Waals surface area contributed by atoms with Crippen LogP contribution in [0.4, 0.5) is 0 Å². The number of aliphatic hydroxyl groups excluding tert-OH is 3. The van der Waals surface area contributed by atoms with Gasteiger partial charge in [-0.15, -0.1) is 0 Å². The van der Waals surface area contributed by atoms with Crippen LogP contribution in [0.2, 0.25) is 0 Å². The highest BCUT2D eigenvalue weighted by atomic mass is 16.5. The summed E-state index contributed by atoms with van der Waals surface area (Å²) in [5.41, 5.74) is 2.46. The summed E-state index contributed by atoms with van der Waals surface area (Å²) in [5, 5.41) is 32.9. The molecule has 0 bridgehead atoms. The van der Waals surface area contributed by atoms with Crippen molar-refractivity contribution in [2.45, 2.75) is 82.5 Å². The maximum atomic E-state index is 10.6. The summed E-state index contributed by atoms with van der Waals surface area (Å²) in [5.74, 6) is 1.18. The van der Waals surface area contributed by atoms with E-state index in [0.717, 1.165) is 57.2 Å². The second-order valence-electron chi connectivity index (χ2n) is 8.78. The number of benzene rings is 1. The van der Waals surface area contributed by atoms with Gasteiger partial charge in [-0.25, -0.2) is 0 Å². The van der Waals surface area contributed by atoms with Crippen LogP contribution in [0.25, 0.3) is 0 Å². The van der Waals surface area contributed by atoms with Crippen LogP contribution in [-0.2, 0) is 6.42 Å². The van der Waals surface area contributed by atoms with Gasteiger partial charge in [0.05, 0.1) is 18.8 Å². The van der Waals surface area contributed by atoms with Gasteiger partial charge in [0.25, 0.3) is 0 Å². The maximum absolute atomic E-state index is 10.6. The Labute approximate surface area is 181 Å². The summed E-state index contributed by atoms with van der Waals surface area (Å²) >= 11 is 0. The fourth-order valence-corrected chi connectivity index (χ4v) is 4.89. The maximum Gasteiger partial charge on any atom is 0.126 e. The monoisotopic (exact) mass is 417 g/mol. The third-order valence-corrected chi connectivity index (χ3v) is 6.49. The van der Waals surface area contributed by atoms with E-state index in [1.165, 1.54) is 11.1 Å². The smallest absolute Gasteiger partial charge is 0.126 e. The molecule has 5 atom stereocenters. The average Bonchev–Trinajstić information content (AvgIpc) is 3.24.